The molecular weight excluding hydrogens is 270 g/mol. The van der Waals surface area contributed by atoms with Gasteiger partial charge in [-0.1, -0.05) is 24.4 Å². The van der Waals surface area contributed by atoms with Crippen LogP contribution < -0.4 is 5.73 Å². The molecule has 1 unspecified atom stereocenters. The Morgan fingerprint density at radius 1 is 1.29 bits per heavy atom. The van der Waals surface area contributed by atoms with Crippen LogP contribution in [0.3, 0.4) is 0 Å². The number of hydrogen-bond acceptors (Lipinski definition) is 4. The number of aliphatic hydroxyl groups is 1. The van der Waals surface area contributed by atoms with Crippen LogP contribution in [0.15, 0.2) is 5.16 Å². The summed E-state index contributed by atoms with van der Waals surface area (Å²) < 4.78 is 0. The number of carbonyl (C=O) groups is 1. The van der Waals surface area contributed by atoms with E-state index in [4.69, 9.17) is 16.0 Å². The average Bonchev–Trinajstić information content (AvgIpc) is 3.00. The maximum Gasteiger partial charge on any atom is 0.236 e. The molecule has 1 atom stereocenters. The predicted octanol–water partition coefficient (Wildman–Crippen LogP) is 1.45. The summed E-state index contributed by atoms with van der Waals surface area (Å²) in [4.78, 5) is 15.0. The zero-order valence-corrected chi connectivity index (χ0v) is 12.6. The summed E-state index contributed by atoms with van der Waals surface area (Å²) in [5.41, 5.74) is 5.10. The van der Waals surface area contributed by atoms with Crippen LogP contribution in [-0.4, -0.2) is 46.1 Å². The van der Waals surface area contributed by atoms with Crippen molar-refractivity contribution in [2.75, 3.05) is 13.2 Å². The van der Waals surface area contributed by atoms with Crippen LogP contribution in [0.2, 0.25) is 0 Å². The van der Waals surface area contributed by atoms with Crippen molar-refractivity contribution in [2.45, 2.75) is 63.8 Å². The number of nitrogens with zero attached hydrogens (tertiary/aromatic N) is 2. The first-order valence-corrected chi connectivity index (χ1v) is 8.05. The summed E-state index contributed by atoms with van der Waals surface area (Å²) in [5.74, 6) is 0.0953. The highest BCUT2D eigenvalue weighted by atomic mass is 16.4. The topological polar surface area (TPSA) is 99.2 Å². The van der Waals surface area contributed by atoms with Crippen LogP contribution in [0, 0.1) is 5.41 Å². The van der Waals surface area contributed by atoms with Gasteiger partial charge in [0.15, 0.2) is 5.84 Å². The minimum Gasteiger partial charge on any atom is -0.409 e. The van der Waals surface area contributed by atoms with E-state index in [1.54, 1.807) is 0 Å². The molecule has 0 bridgehead atoms. The van der Waals surface area contributed by atoms with Gasteiger partial charge in [-0.15, -0.1) is 0 Å². The van der Waals surface area contributed by atoms with Gasteiger partial charge in [0.05, 0.1) is 0 Å². The van der Waals surface area contributed by atoms with E-state index in [1.165, 1.54) is 0 Å². The molecule has 21 heavy (non-hydrogen) atoms. The molecule has 2 fully saturated rings. The highest BCUT2D eigenvalue weighted by molar-refractivity contribution is 6.07. The molecule has 0 aromatic carbocycles. The summed E-state index contributed by atoms with van der Waals surface area (Å²) in [7, 11) is 0. The number of amidine groups is 1. The molecule has 2 aliphatic rings. The lowest BCUT2D eigenvalue weighted by atomic mass is 9.72. The molecule has 0 aromatic rings. The van der Waals surface area contributed by atoms with Crippen LogP contribution in [0.4, 0.5) is 0 Å². The zero-order valence-electron chi connectivity index (χ0n) is 12.6. The Balaban J connectivity index is 2.17. The first kappa shape index (κ1) is 16.1. The number of aliphatic hydroxyl groups excluding tert-OH is 1. The molecule has 0 aromatic heterocycles. The van der Waals surface area contributed by atoms with E-state index in [-0.39, 0.29) is 24.4 Å². The van der Waals surface area contributed by atoms with Crippen molar-refractivity contribution in [2.24, 2.45) is 16.3 Å². The largest absolute Gasteiger partial charge is 0.409 e. The molecular formula is C15H27N3O3. The fraction of sp³-hybridized carbons (Fsp3) is 0.867. The minimum absolute atomic E-state index is 0.0259. The third-order valence-electron chi connectivity index (χ3n) is 5.05. The Morgan fingerprint density at radius 2 is 2.00 bits per heavy atom. The van der Waals surface area contributed by atoms with Crippen LogP contribution in [-0.2, 0) is 4.79 Å². The number of nitrogens with two attached hydrogens (primary N) is 1. The number of hydrogen-bond donors (Lipinski definition) is 3. The number of carbonyl (C=O) groups excluding carboxylic acids is 1. The van der Waals surface area contributed by atoms with E-state index in [0.717, 1.165) is 45.1 Å². The number of rotatable bonds is 5. The first-order valence-electron chi connectivity index (χ1n) is 8.05. The van der Waals surface area contributed by atoms with Gasteiger partial charge in [-0.2, -0.15) is 0 Å². The average molecular weight is 297 g/mol. The van der Waals surface area contributed by atoms with E-state index in [0.29, 0.717) is 19.3 Å². The highest BCUT2D eigenvalue weighted by Crippen LogP contribution is 2.40. The molecule has 1 saturated heterocycles. The van der Waals surface area contributed by atoms with E-state index in [9.17, 15) is 4.79 Å². The van der Waals surface area contributed by atoms with Crippen molar-refractivity contribution in [1.82, 2.24) is 4.90 Å². The molecule has 2 rings (SSSR count). The molecule has 1 heterocycles. The second-order valence-corrected chi connectivity index (χ2v) is 6.29. The van der Waals surface area contributed by atoms with Crippen molar-refractivity contribution in [1.29, 1.82) is 0 Å². The van der Waals surface area contributed by atoms with Gasteiger partial charge in [-0.05, 0) is 38.5 Å². The standard InChI is InChI=1S/C15H27N3O3/c16-13(17-21)15(8-2-1-3-9-15)14(20)18-10-4-6-12(18)7-5-11-19/h12,19,21H,1-11H2,(H2,16,17). The van der Waals surface area contributed by atoms with E-state index < -0.39 is 5.41 Å². The molecule has 0 spiro atoms. The molecule has 1 aliphatic heterocycles. The summed E-state index contributed by atoms with van der Waals surface area (Å²) >= 11 is 0. The Labute approximate surface area is 126 Å². The van der Waals surface area contributed by atoms with Gasteiger partial charge in [0.25, 0.3) is 0 Å². The summed E-state index contributed by atoms with van der Waals surface area (Å²) in [5, 5.41) is 21.3. The third-order valence-corrected chi connectivity index (χ3v) is 5.05. The third kappa shape index (κ3) is 3.15. The van der Waals surface area contributed by atoms with E-state index in [1.807, 2.05) is 4.90 Å². The van der Waals surface area contributed by atoms with E-state index >= 15 is 0 Å². The van der Waals surface area contributed by atoms with Crippen molar-refractivity contribution in [3.8, 4) is 0 Å². The van der Waals surface area contributed by atoms with Gasteiger partial charge in [0.2, 0.25) is 5.91 Å². The number of amides is 1. The Hall–Kier alpha value is -1.30. The lowest BCUT2D eigenvalue weighted by molar-refractivity contribution is -0.141. The molecule has 1 aliphatic carbocycles. The second-order valence-electron chi connectivity index (χ2n) is 6.29. The molecule has 0 radical (unpaired) electrons. The summed E-state index contributed by atoms with van der Waals surface area (Å²) in [6.07, 6.45) is 7.84. The van der Waals surface area contributed by atoms with Crippen molar-refractivity contribution < 1.29 is 15.1 Å². The van der Waals surface area contributed by atoms with Gasteiger partial charge < -0.3 is 20.9 Å². The molecule has 4 N–H and O–H groups in total. The normalized spacial score (nSPS) is 26.0. The molecule has 120 valence electrons. The fourth-order valence-electron chi connectivity index (χ4n) is 3.84. The second kappa shape index (κ2) is 7.11. The van der Waals surface area contributed by atoms with Gasteiger partial charge >= 0.3 is 0 Å². The van der Waals surface area contributed by atoms with Gasteiger partial charge in [0.1, 0.15) is 5.41 Å². The lowest BCUT2D eigenvalue weighted by Crippen LogP contribution is -2.53. The van der Waals surface area contributed by atoms with Crippen LogP contribution in [0.1, 0.15) is 57.8 Å². The molecule has 6 heteroatoms. The highest BCUT2D eigenvalue weighted by Gasteiger charge is 2.48. The van der Waals surface area contributed by atoms with Crippen molar-refractivity contribution in [3.05, 3.63) is 0 Å². The monoisotopic (exact) mass is 297 g/mol. The molecule has 1 amide bonds. The maximum atomic E-state index is 13.1. The van der Waals surface area contributed by atoms with Crippen molar-refractivity contribution in [3.63, 3.8) is 0 Å². The molecule has 1 saturated carbocycles. The van der Waals surface area contributed by atoms with Gasteiger partial charge in [0, 0.05) is 19.2 Å². The lowest BCUT2D eigenvalue weighted by Gasteiger charge is -2.39. The molecule has 6 nitrogen and oxygen atoms in total. The Bertz CT molecular complexity index is 392. The van der Waals surface area contributed by atoms with Gasteiger partial charge in [-0.3, -0.25) is 4.79 Å². The van der Waals surface area contributed by atoms with E-state index in [2.05, 4.69) is 5.16 Å². The maximum absolute atomic E-state index is 13.1. The van der Waals surface area contributed by atoms with Crippen LogP contribution >= 0.6 is 0 Å². The summed E-state index contributed by atoms with van der Waals surface area (Å²) in [6.45, 7) is 0.902. The van der Waals surface area contributed by atoms with Gasteiger partial charge in [-0.25, -0.2) is 0 Å². The summed E-state index contributed by atoms with van der Waals surface area (Å²) in [6, 6.07) is 0.190. The zero-order chi connectivity index (χ0) is 15.3. The number of oxime groups is 1. The van der Waals surface area contributed by atoms with Crippen LogP contribution in [0.25, 0.3) is 0 Å². The fourth-order valence-corrected chi connectivity index (χ4v) is 3.84. The first-order chi connectivity index (χ1) is 10.2. The smallest absolute Gasteiger partial charge is 0.236 e. The quantitative estimate of drug-likeness (QED) is 0.309. The number of likely N-dealkylation sites (tertiary alicyclic amines) is 1. The SMILES string of the molecule is NC(=NO)C1(C(=O)N2CCCC2CCCO)CCCCC1. The Morgan fingerprint density at radius 3 is 2.62 bits per heavy atom. The predicted molar refractivity (Wildman–Crippen MR) is 80.0 cm³/mol. The minimum atomic E-state index is -0.811. The van der Waals surface area contributed by atoms with Crippen molar-refractivity contribution >= 4 is 11.7 Å². The van der Waals surface area contributed by atoms with Crippen LogP contribution in [0.5, 0.6) is 0 Å². The Kier molecular flexibility index (Phi) is 5.45.